The average Bonchev–Trinajstić information content (AvgIpc) is 3.51. The number of rotatable bonds is 6. The summed E-state index contributed by atoms with van der Waals surface area (Å²) in [7, 11) is -3.27. The number of aromatic nitrogens is 3. The number of carbonyl (C=O) groups is 2. The third-order valence-corrected chi connectivity index (χ3v) is 7.94. The van der Waals surface area contributed by atoms with Gasteiger partial charge in [0.25, 0.3) is 17.4 Å². The van der Waals surface area contributed by atoms with Gasteiger partial charge in [0, 0.05) is 38.3 Å². The molecular formula is C20H23N5O5S. The van der Waals surface area contributed by atoms with Crippen molar-refractivity contribution in [2.45, 2.75) is 37.6 Å². The lowest BCUT2D eigenvalue weighted by atomic mass is 10.1. The maximum Gasteiger partial charge on any atom is 0.270 e. The highest BCUT2D eigenvalue weighted by molar-refractivity contribution is 7.92. The summed E-state index contributed by atoms with van der Waals surface area (Å²) < 4.78 is 24.5. The van der Waals surface area contributed by atoms with E-state index in [0.29, 0.717) is 18.7 Å². The Balaban J connectivity index is 1.50. The van der Waals surface area contributed by atoms with Crippen molar-refractivity contribution < 1.29 is 18.0 Å². The molecule has 2 amide bonds. The minimum Gasteiger partial charge on any atom is -0.345 e. The summed E-state index contributed by atoms with van der Waals surface area (Å²) in [5, 5.41) is 2.62. The summed E-state index contributed by atoms with van der Waals surface area (Å²) in [6.07, 6.45) is 5.53. The van der Waals surface area contributed by atoms with E-state index in [2.05, 4.69) is 15.3 Å². The number of hydrogen-bond acceptors (Lipinski definition) is 7. The van der Waals surface area contributed by atoms with Crippen molar-refractivity contribution in [2.24, 2.45) is 0 Å². The van der Waals surface area contributed by atoms with E-state index in [1.165, 1.54) is 27.9 Å². The standard InChI is InChI=1S/C20H23N5O5S/c1-13-9-21-16(22-10-13)11-23-17(26)14-3-4-15-19(28)24(7-8-25(15)18(14)27)12-20(5-6-20)31(2,29)30/h3-4,9-10H,5-8,11-12H2,1-2H3,(H,23,26). The normalized spacial score (nSPS) is 17.2. The Morgan fingerprint density at radius 2 is 1.84 bits per heavy atom. The Morgan fingerprint density at radius 3 is 2.45 bits per heavy atom. The first-order valence-electron chi connectivity index (χ1n) is 9.90. The molecule has 1 aliphatic heterocycles. The molecule has 0 spiro atoms. The first-order valence-corrected chi connectivity index (χ1v) is 11.8. The molecular weight excluding hydrogens is 422 g/mol. The third kappa shape index (κ3) is 3.97. The summed E-state index contributed by atoms with van der Waals surface area (Å²) in [6, 6.07) is 2.76. The Morgan fingerprint density at radius 1 is 1.16 bits per heavy atom. The Labute approximate surface area is 179 Å². The van der Waals surface area contributed by atoms with E-state index in [-0.39, 0.29) is 37.4 Å². The zero-order valence-electron chi connectivity index (χ0n) is 17.3. The number of carbonyl (C=O) groups excluding carboxylic acids is 2. The molecule has 1 fully saturated rings. The third-order valence-electron chi connectivity index (χ3n) is 5.83. The molecule has 2 aromatic rings. The second-order valence-corrected chi connectivity index (χ2v) is 10.5. The maximum atomic E-state index is 12.9. The van der Waals surface area contributed by atoms with Gasteiger partial charge >= 0.3 is 0 Å². The molecule has 2 aromatic heterocycles. The monoisotopic (exact) mass is 445 g/mol. The molecule has 2 aliphatic rings. The fraction of sp³-hybridized carbons (Fsp3) is 0.450. The zero-order valence-corrected chi connectivity index (χ0v) is 18.1. The summed E-state index contributed by atoms with van der Waals surface area (Å²) in [5.74, 6) is -0.561. The molecule has 1 N–H and O–H groups in total. The number of amides is 2. The minimum absolute atomic E-state index is 0.0700. The van der Waals surface area contributed by atoms with Gasteiger partial charge < -0.3 is 14.8 Å². The molecule has 164 valence electrons. The first-order chi connectivity index (χ1) is 14.6. The topological polar surface area (TPSA) is 131 Å². The number of hydrogen-bond donors (Lipinski definition) is 1. The first kappa shape index (κ1) is 21.2. The predicted molar refractivity (Wildman–Crippen MR) is 111 cm³/mol. The van der Waals surface area contributed by atoms with Crippen LogP contribution in [0.3, 0.4) is 0 Å². The molecule has 10 nitrogen and oxygen atoms in total. The van der Waals surface area contributed by atoms with Crippen LogP contribution in [-0.2, 0) is 22.9 Å². The predicted octanol–water partition coefficient (Wildman–Crippen LogP) is -0.0903. The minimum atomic E-state index is -3.27. The molecule has 0 saturated heterocycles. The van der Waals surface area contributed by atoms with Gasteiger partial charge in [-0.1, -0.05) is 0 Å². The summed E-state index contributed by atoms with van der Waals surface area (Å²) in [5.41, 5.74) is 0.411. The van der Waals surface area contributed by atoms with Gasteiger partial charge in [-0.25, -0.2) is 18.4 Å². The van der Waals surface area contributed by atoms with Gasteiger partial charge in [0.2, 0.25) is 0 Å². The van der Waals surface area contributed by atoms with Crippen LogP contribution in [0.4, 0.5) is 0 Å². The fourth-order valence-corrected chi connectivity index (χ4v) is 4.93. The van der Waals surface area contributed by atoms with Crippen LogP contribution in [0.2, 0.25) is 0 Å². The molecule has 0 aromatic carbocycles. The van der Waals surface area contributed by atoms with Crippen molar-refractivity contribution >= 4 is 21.7 Å². The zero-order chi connectivity index (χ0) is 22.4. The quantitative estimate of drug-likeness (QED) is 0.657. The highest BCUT2D eigenvalue weighted by Crippen LogP contribution is 2.44. The van der Waals surface area contributed by atoms with Crippen LogP contribution in [0.1, 0.15) is 45.1 Å². The Kier molecular flexibility index (Phi) is 5.16. The van der Waals surface area contributed by atoms with Crippen molar-refractivity contribution in [3.63, 3.8) is 0 Å². The smallest absolute Gasteiger partial charge is 0.270 e. The van der Waals surface area contributed by atoms with E-state index in [1.54, 1.807) is 12.4 Å². The van der Waals surface area contributed by atoms with Crippen LogP contribution in [0.15, 0.2) is 29.3 Å². The summed E-state index contributed by atoms with van der Waals surface area (Å²) in [6.45, 7) is 2.45. The molecule has 1 aliphatic carbocycles. The van der Waals surface area contributed by atoms with Crippen molar-refractivity contribution in [3.8, 4) is 0 Å². The Bertz CT molecular complexity index is 1220. The van der Waals surface area contributed by atoms with E-state index in [9.17, 15) is 22.8 Å². The van der Waals surface area contributed by atoms with E-state index < -0.39 is 32.0 Å². The molecule has 3 heterocycles. The lowest BCUT2D eigenvalue weighted by Gasteiger charge is -2.32. The van der Waals surface area contributed by atoms with Gasteiger partial charge in [-0.3, -0.25) is 14.4 Å². The number of pyridine rings is 1. The van der Waals surface area contributed by atoms with E-state index in [4.69, 9.17) is 0 Å². The van der Waals surface area contributed by atoms with Crippen molar-refractivity contribution in [2.75, 3.05) is 19.3 Å². The molecule has 31 heavy (non-hydrogen) atoms. The number of nitrogens with zero attached hydrogens (tertiary/aromatic N) is 4. The number of aryl methyl sites for hydroxylation is 1. The van der Waals surface area contributed by atoms with E-state index in [0.717, 1.165) is 5.56 Å². The van der Waals surface area contributed by atoms with Gasteiger partial charge in [0.15, 0.2) is 9.84 Å². The molecule has 0 radical (unpaired) electrons. The highest BCUT2D eigenvalue weighted by Gasteiger charge is 2.54. The van der Waals surface area contributed by atoms with Crippen LogP contribution in [0.5, 0.6) is 0 Å². The molecule has 1 saturated carbocycles. The molecule has 4 rings (SSSR count). The molecule has 0 atom stereocenters. The van der Waals surface area contributed by atoms with Crippen LogP contribution >= 0.6 is 0 Å². The van der Waals surface area contributed by atoms with Crippen LogP contribution in [-0.4, -0.2) is 63.8 Å². The van der Waals surface area contributed by atoms with E-state index in [1.807, 2.05) is 6.92 Å². The number of fused-ring (bicyclic) bond motifs is 1. The average molecular weight is 446 g/mol. The van der Waals surface area contributed by atoms with Gasteiger partial charge in [-0.05, 0) is 37.5 Å². The molecule has 0 unspecified atom stereocenters. The maximum absolute atomic E-state index is 12.9. The second kappa shape index (κ2) is 7.56. The lowest BCUT2D eigenvalue weighted by molar-refractivity contribution is 0.0695. The van der Waals surface area contributed by atoms with Gasteiger partial charge in [0.05, 0.1) is 11.3 Å². The lowest BCUT2D eigenvalue weighted by Crippen LogP contribution is -2.49. The number of nitrogens with one attached hydrogen (secondary N) is 1. The highest BCUT2D eigenvalue weighted by atomic mass is 32.2. The van der Waals surface area contributed by atoms with Crippen molar-refractivity contribution in [1.29, 1.82) is 0 Å². The largest absolute Gasteiger partial charge is 0.345 e. The van der Waals surface area contributed by atoms with Crippen molar-refractivity contribution in [1.82, 2.24) is 24.8 Å². The second-order valence-electron chi connectivity index (χ2n) is 8.13. The Hall–Kier alpha value is -3.08. The van der Waals surface area contributed by atoms with Crippen LogP contribution < -0.4 is 10.9 Å². The molecule has 0 bridgehead atoms. The van der Waals surface area contributed by atoms with Crippen molar-refractivity contribution in [3.05, 3.63) is 57.5 Å². The number of sulfone groups is 1. The summed E-state index contributed by atoms with van der Waals surface area (Å²) in [4.78, 5) is 47.9. The van der Waals surface area contributed by atoms with E-state index >= 15 is 0 Å². The van der Waals surface area contributed by atoms with Gasteiger partial charge in [-0.15, -0.1) is 0 Å². The van der Waals surface area contributed by atoms with Crippen LogP contribution in [0.25, 0.3) is 0 Å². The SMILES string of the molecule is Cc1cnc(CNC(=O)c2ccc3n(c2=O)CCN(CC2(S(C)(=O)=O)CC2)C3=O)nc1. The van der Waals surface area contributed by atoms with Gasteiger partial charge in [-0.2, -0.15) is 0 Å². The summed E-state index contributed by atoms with van der Waals surface area (Å²) >= 11 is 0. The molecule has 11 heteroatoms. The fourth-order valence-electron chi connectivity index (χ4n) is 3.69. The van der Waals surface area contributed by atoms with Crippen LogP contribution in [0, 0.1) is 6.92 Å². The van der Waals surface area contributed by atoms with Gasteiger partial charge in [0.1, 0.15) is 17.1 Å².